The molecule has 0 aliphatic rings. The number of rotatable bonds is 6. The summed E-state index contributed by atoms with van der Waals surface area (Å²) < 4.78 is 11.7. The highest BCUT2D eigenvalue weighted by Gasteiger charge is 2.12. The molecule has 1 N–H and O–H groups in total. The highest BCUT2D eigenvalue weighted by molar-refractivity contribution is 7.61. The van der Waals surface area contributed by atoms with Crippen LogP contribution in [0, 0.1) is 0 Å². The predicted octanol–water partition coefficient (Wildman–Crippen LogP) is 3.81. The summed E-state index contributed by atoms with van der Waals surface area (Å²) in [6, 6.07) is 9.81. The van der Waals surface area contributed by atoms with Crippen molar-refractivity contribution in [2.24, 2.45) is 0 Å². The van der Waals surface area contributed by atoms with E-state index >= 15 is 0 Å². The third-order valence-corrected chi connectivity index (χ3v) is 3.90. The average molecular weight is 238 g/mol. The van der Waals surface area contributed by atoms with Crippen molar-refractivity contribution in [3.05, 3.63) is 47.8 Å². The summed E-state index contributed by atoms with van der Waals surface area (Å²) in [4.78, 5) is 9.67. The van der Waals surface area contributed by atoms with E-state index in [-0.39, 0.29) is 0 Å². The quantitative estimate of drug-likeness (QED) is 0.765. The Morgan fingerprint density at radius 2 is 2.00 bits per heavy atom. The molecular weight excluding hydrogens is 219 g/mol. The van der Waals surface area contributed by atoms with Crippen LogP contribution in [-0.4, -0.2) is 11.1 Å². The Labute approximate surface area is 97.5 Å². The third kappa shape index (κ3) is 5.29. The Kier molecular flexibility index (Phi) is 5.51. The van der Waals surface area contributed by atoms with Gasteiger partial charge < -0.3 is 4.89 Å². The van der Waals surface area contributed by atoms with Gasteiger partial charge in [-0.3, -0.25) is 4.57 Å². The Balaban J connectivity index is 2.45. The van der Waals surface area contributed by atoms with Gasteiger partial charge in [0.25, 0.3) is 0 Å². The fraction of sp³-hybridized carbons (Fsp3) is 0.385. The van der Waals surface area contributed by atoms with Crippen LogP contribution in [0.2, 0.25) is 0 Å². The van der Waals surface area contributed by atoms with Crippen molar-refractivity contribution < 1.29 is 9.46 Å². The van der Waals surface area contributed by atoms with Crippen LogP contribution in [-0.2, 0) is 11.0 Å². The van der Waals surface area contributed by atoms with E-state index in [9.17, 15) is 9.46 Å². The van der Waals surface area contributed by atoms with Gasteiger partial charge in [-0.2, -0.15) is 0 Å². The van der Waals surface area contributed by atoms with Gasteiger partial charge in [-0.15, -0.1) is 0 Å². The van der Waals surface area contributed by atoms with Gasteiger partial charge in [-0.1, -0.05) is 49.8 Å². The van der Waals surface area contributed by atoms with Crippen LogP contribution in [0.5, 0.6) is 0 Å². The van der Waals surface area contributed by atoms with Crippen LogP contribution < -0.4 is 0 Å². The van der Waals surface area contributed by atoms with Gasteiger partial charge in [0.05, 0.1) is 0 Å². The van der Waals surface area contributed by atoms with E-state index in [1.165, 1.54) is 5.82 Å². The Morgan fingerprint density at radius 3 is 2.62 bits per heavy atom. The van der Waals surface area contributed by atoms with E-state index in [4.69, 9.17) is 0 Å². The molecule has 0 aromatic heterocycles. The van der Waals surface area contributed by atoms with Gasteiger partial charge in [0.15, 0.2) is 0 Å². The minimum Gasteiger partial charge on any atom is -0.341 e. The topological polar surface area (TPSA) is 37.3 Å². The smallest absolute Gasteiger partial charge is 0.222 e. The second kappa shape index (κ2) is 6.67. The molecule has 0 aliphatic carbocycles. The Bertz CT molecular complexity index is 371. The molecule has 1 atom stereocenters. The Hall–Kier alpha value is -0.850. The van der Waals surface area contributed by atoms with Crippen LogP contribution in [0.3, 0.4) is 0 Å². The molecule has 0 aliphatic heterocycles. The molecule has 0 spiro atoms. The molecular formula is C13H19O2P. The SMILES string of the molecule is CCCC=CP(=O)(O)CCc1ccccc1. The lowest BCUT2D eigenvalue weighted by Gasteiger charge is -2.06. The maximum Gasteiger partial charge on any atom is 0.222 e. The molecule has 2 nitrogen and oxygen atoms in total. The second-order valence-electron chi connectivity index (χ2n) is 3.89. The van der Waals surface area contributed by atoms with Crippen molar-refractivity contribution in [1.82, 2.24) is 0 Å². The first-order valence-corrected chi connectivity index (χ1v) is 7.58. The number of aryl methyl sites for hydroxylation is 1. The van der Waals surface area contributed by atoms with Crippen LogP contribution in [0.4, 0.5) is 0 Å². The van der Waals surface area contributed by atoms with Crippen LogP contribution >= 0.6 is 7.37 Å². The normalized spacial score (nSPS) is 15.1. The zero-order valence-corrected chi connectivity index (χ0v) is 10.6. The largest absolute Gasteiger partial charge is 0.341 e. The lowest BCUT2D eigenvalue weighted by molar-refractivity contribution is 0.488. The van der Waals surface area contributed by atoms with Crippen molar-refractivity contribution in [2.45, 2.75) is 26.2 Å². The van der Waals surface area contributed by atoms with Crippen molar-refractivity contribution in [1.29, 1.82) is 0 Å². The van der Waals surface area contributed by atoms with Gasteiger partial charge in [-0.05, 0) is 24.2 Å². The molecule has 0 saturated carbocycles. The average Bonchev–Trinajstić information content (AvgIpc) is 2.28. The molecule has 3 heteroatoms. The molecule has 0 amide bonds. The van der Waals surface area contributed by atoms with Crippen LogP contribution in [0.15, 0.2) is 42.2 Å². The third-order valence-electron chi connectivity index (χ3n) is 2.36. The summed E-state index contributed by atoms with van der Waals surface area (Å²) in [5.74, 6) is 1.49. The maximum absolute atomic E-state index is 11.7. The first-order valence-electron chi connectivity index (χ1n) is 5.67. The highest BCUT2D eigenvalue weighted by Crippen LogP contribution is 2.42. The second-order valence-corrected chi connectivity index (χ2v) is 6.14. The number of hydrogen-bond acceptors (Lipinski definition) is 1. The van der Waals surface area contributed by atoms with Gasteiger partial charge in [0.1, 0.15) is 0 Å². The molecule has 1 rings (SSSR count). The monoisotopic (exact) mass is 238 g/mol. The summed E-state index contributed by atoms with van der Waals surface area (Å²) in [6.07, 6.45) is 4.68. The molecule has 1 aromatic carbocycles. The summed E-state index contributed by atoms with van der Waals surface area (Å²) in [6.45, 7) is 2.05. The number of hydrogen-bond donors (Lipinski definition) is 1. The van der Waals surface area contributed by atoms with Crippen LogP contribution in [0.1, 0.15) is 25.3 Å². The first-order chi connectivity index (χ1) is 7.64. The summed E-state index contributed by atoms with van der Waals surface area (Å²) in [5, 5.41) is 0. The van der Waals surface area contributed by atoms with E-state index in [1.807, 2.05) is 36.4 Å². The van der Waals surface area contributed by atoms with E-state index < -0.39 is 7.37 Å². The number of allylic oxidation sites excluding steroid dienone is 1. The van der Waals surface area contributed by atoms with Crippen molar-refractivity contribution >= 4 is 7.37 Å². The molecule has 0 bridgehead atoms. The van der Waals surface area contributed by atoms with Crippen molar-refractivity contribution in [3.63, 3.8) is 0 Å². The van der Waals surface area contributed by atoms with E-state index in [1.54, 1.807) is 0 Å². The molecule has 0 saturated heterocycles. The number of unbranched alkanes of at least 4 members (excludes halogenated alkanes) is 1. The maximum atomic E-state index is 11.7. The highest BCUT2D eigenvalue weighted by atomic mass is 31.2. The molecule has 0 heterocycles. The van der Waals surface area contributed by atoms with Gasteiger partial charge >= 0.3 is 0 Å². The standard InChI is InChI=1S/C13H19O2P/c1-2-3-7-11-16(14,15)12-10-13-8-5-4-6-9-13/h4-9,11H,2-3,10,12H2,1H3,(H,14,15). The minimum atomic E-state index is -3.07. The molecule has 0 radical (unpaired) electrons. The fourth-order valence-corrected chi connectivity index (χ4v) is 2.62. The zero-order valence-electron chi connectivity index (χ0n) is 9.67. The van der Waals surface area contributed by atoms with E-state index in [0.29, 0.717) is 12.6 Å². The molecule has 0 fully saturated rings. The van der Waals surface area contributed by atoms with Crippen molar-refractivity contribution in [2.75, 3.05) is 6.16 Å². The lowest BCUT2D eigenvalue weighted by atomic mass is 10.2. The lowest BCUT2D eigenvalue weighted by Crippen LogP contribution is -1.92. The number of benzene rings is 1. The molecule has 88 valence electrons. The predicted molar refractivity (Wildman–Crippen MR) is 68.9 cm³/mol. The summed E-state index contributed by atoms with van der Waals surface area (Å²) in [5.41, 5.74) is 1.11. The summed E-state index contributed by atoms with van der Waals surface area (Å²) >= 11 is 0. The first kappa shape index (κ1) is 13.2. The minimum absolute atomic E-state index is 0.331. The van der Waals surface area contributed by atoms with Gasteiger partial charge in [-0.25, -0.2) is 0 Å². The summed E-state index contributed by atoms with van der Waals surface area (Å²) in [7, 11) is -3.07. The Morgan fingerprint density at radius 1 is 1.31 bits per heavy atom. The molecule has 1 unspecified atom stereocenters. The van der Waals surface area contributed by atoms with Gasteiger partial charge in [0.2, 0.25) is 7.37 Å². The zero-order chi connectivity index (χ0) is 11.9. The molecule has 16 heavy (non-hydrogen) atoms. The van der Waals surface area contributed by atoms with Crippen LogP contribution in [0.25, 0.3) is 0 Å². The van der Waals surface area contributed by atoms with E-state index in [2.05, 4.69) is 6.92 Å². The van der Waals surface area contributed by atoms with Gasteiger partial charge in [0, 0.05) is 6.16 Å². The fourth-order valence-electron chi connectivity index (χ4n) is 1.41. The molecule has 1 aromatic rings. The van der Waals surface area contributed by atoms with Crippen molar-refractivity contribution in [3.8, 4) is 0 Å². The van der Waals surface area contributed by atoms with E-state index in [0.717, 1.165) is 18.4 Å².